The lowest BCUT2D eigenvalue weighted by Crippen LogP contribution is -2.40. The first-order valence-corrected chi connectivity index (χ1v) is 6.25. The van der Waals surface area contributed by atoms with E-state index in [9.17, 15) is 9.59 Å². The highest BCUT2D eigenvalue weighted by molar-refractivity contribution is 5.85. The van der Waals surface area contributed by atoms with E-state index < -0.39 is 0 Å². The fourth-order valence-corrected chi connectivity index (χ4v) is 1.71. The number of rotatable bonds is 6. The zero-order valence-corrected chi connectivity index (χ0v) is 11.0. The number of benzene rings is 1. The second-order valence-electron chi connectivity index (χ2n) is 4.01. The minimum atomic E-state index is -0.123. The number of likely N-dealkylation sites (N-methyl/N-ethyl adjacent to an activating group) is 1. The first kappa shape index (κ1) is 14.2. The molecule has 0 heterocycles. The third-order valence-corrected chi connectivity index (χ3v) is 2.76. The van der Waals surface area contributed by atoms with Crippen molar-refractivity contribution < 1.29 is 9.59 Å². The molecule has 0 aliphatic carbocycles. The molecule has 0 aliphatic heterocycles. The van der Waals surface area contributed by atoms with Crippen molar-refractivity contribution in [3.8, 4) is 0 Å². The summed E-state index contributed by atoms with van der Waals surface area (Å²) in [6.45, 7) is 5.27. The van der Waals surface area contributed by atoms with E-state index in [0.29, 0.717) is 19.5 Å². The average molecular weight is 248 g/mol. The molecular weight excluding hydrogens is 228 g/mol. The van der Waals surface area contributed by atoms with Crippen LogP contribution in [0.4, 0.5) is 0 Å². The van der Waals surface area contributed by atoms with Crippen LogP contribution < -0.4 is 5.32 Å². The van der Waals surface area contributed by atoms with Crippen LogP contribution in [-0.4, -0.2) is 36.3 Å². The van der Waals surface area contributed by atoms with Crippen molar-refractivity contribution >= 4 is 11.8 Å². The van der Waals surface area contributed by atoms with Crippen LogP contribution in [0.1, 0.15) is 19.4 Å². The van der Waals surface area contributed by atoms with E-state index in [1.165, 1.54) is 0 Å². The summed E-state index contributed by atoms with van der Waals surface area (Å²) in [7, 11) is 0. The molecule has 0 atom stereocenters. The Kier molecular flexibility index (Phi) is 5.91. The van der Waals surface area contributed by atoms with Crippen LogP contribution >= 0.6 is 0 Å². The van der Waals surface area contributed by atoms with Gasteiger partial charge in [-0.3, -0.25) is 9.59 Å². The third kappa shape index (κ3) is 4.57. The molecule has 0 saturated heterocycles. The Labute approximate surface area is 108 Å². The van der Waals surface area contributed by atoms with Gasteiger partial charge in [-0.05, 0) is 19.4 Å². The molecular formula is C14H20N2O2. The standard InChI is InChI=1S/C14H20N2O2/c1-3-16(4-2)14(18)11-15-13(17)10-12-8-6-5-7-9-12/h5-9H,3-4,10-11H2,1-2H3,(H,15,17). The maximum Gasteiger partial charge on any atom is 0.241 e. The van der Waals surface area contributed by atoms with Gasteiger partial charge in [0.1, 0.15) is 0 Å². The van der Waals surface area contributed by atoms with E-state index in [-0.39, 0.29) is 18.4 Å². The van der Waals surface area contributed by atoms with Crippen LogP contribution in [0.2, 0.25) is 0 Å². The molecule has 1 N–H and O–H groups in total. The summed E-state index contributed by atoms with van der Waals surface area (Å²) in [5.41, 5.74) is 0.949. The van der Waals surface area contributed by atoms with E-state index in [0.717, 1.165) is 5.56 Å². The summed E-state index contributed by atoms with van der Waals surface area (Å²) < 4.78 is 0. The first-order valence-electron chi connectivity index (χ1n) is 6.25. The number of hydrogen-bond donors (Lipinski definition) is 1. The molecule has 2 amide bonds. The zero-order chi connectivity index (χ0) is 13.4. The van der Waals surface area contributed by atoms with Crippen molar-refractivity contribution in [1.29, 1.82) is 0 Å². The topological polar surface area (TPSA) is 49.4 Å². The lowest BCUT2D eigenvalue weighted by atomic mass is 10.1. The highest BCUT2D eigenvalue weighted by atomic mass is 16.2. The molecule has 4 nitrogen and oxygen atoms in total. The van der Waals surface area contributed by atoms with Gasteiger partial charge < -0.3 is 10.2 Å². The minimum absolute atomic E-state index is 0.0404. The van der Waals surface area contributed by atoms with E-state index in [1.807, 2.05) is 44.2 Å². The van der Waals surface area contributed by atoms with Gasteiger partial charge in [-0.15, -0.1) is 0 Å². The fraction of sp³-hybridized carbons (Fsp3) is 0.429. The predicted octanol–water partition coefficient (Wildman–Crippen LogP) is 1.21. The average Bonchev–Trinajstić information content (AvgIpc) is 2.39. The molecule has 0 bridgehead atoms. The van der Waals surface area contributed by atoms with Crippen molar-refractivity contribution in [3.63, 3.8) is 0 Å². The van der Waals surface area contributed by atoms with Gasteiger partial charge in [-0.25, -0.2) is 0 Å². The maximum atomic E-state index is 11.7. The Hall–Kier alpha value is -1.84. The Morgan fingerprint density at radius 1 is 1.11 bits per heavy atom. The Morgan fingerprint density at radius 2 is 1.72 bits per heavy atom. The van der Waals surface area contributed by atoms with Crippen molar-refractivity contribution in [2.75, 3.05) is 19.6 Å². The summed E-state index contributed by atoms with van der Waals surface area (Å²) in [6, 6.07) is 9.48. The fourth-order valence-electron chi connectivity index (χ4n) is 1.71. The van der Waals surface area contributed by atoms with Crippen LogP contribution in [0.25, 0.3) is 0 Å². The molecule has 4 heteroatoms. The second kappa shape index (κ2) is 7.48. The second-order valence-corrected chi connectivity index (χ2v) is 4.01. The lowest BCUT2D eigenvalue weighted by Gasteiger charge is -2.18. The van der Waals surface area contributed by atoms with Crippen molar-refractivity contribution in [3.05, 3.63) is 35.9 Å². The van der Waals surface area contributed by atoms with Gasteiger partial charge in [0.05, 0.1) is 13.0 Å². The number of nitrogens with zero attached hydrogens (tertiary/aromatic N) is 1. The van der Waals surface area contributed by atoms with Crippen molar-refractivity contribution in [1.82, 2.24) is 10.2 Å². The molecule has 0 radical (unpaired) electrons. The van der Waals surface area contributed by atoms with Gasteiger partial charge in [0.2, 0.25) is 11.8 Å². The first-order chi connectivity index (χ1) is 8.67. The summed E-state index contributed by atoms with van der Waals surface area (Å²) in [4.78, 5) is 25.0. The van der Waals surface area contributed by atoms with E-state index in [1.54, 1.807) is 4.90 Å². The summed E-state index contributed by atoms with van der Waals surface area (Å²) in [5, 5.41) is 2.65. The highest BCUT2D eigenvalue weighted by Crippen LogP contribution is 1.99. The molecule has 1 aromatic rings. The van der Waals surface area contributed by atoms with Gasteiger partial charge in [-0.1, -0.05) is 30.3 Å². The Bertz CT molecular complexity index is 386. The molecule has 0 saturated carbocycles. The van der Waals surface area contributed by atoms with Crippen LogP contribution in [0.15, 0.2) is 30.3 Å². The Balaban J connectivity index is 2.35. The molecule has 0 spiro atoms. The maximum absolute atomic E-state index is 11.7. The smallest absolute Gasteiger partial charge is 0.241 e. The van der Waals surface area contributed by atoms with Gasteiger partial charge in [0, 0.05) is 13.1 Å². The molecule has 0 unspecified atom stereocenters. The van der Waals surface area contributed by atoms with Crippen molar-refractivity contribution in [2.24, 2.45) is 0 Å². The number of hydrogen-bond acceptors (Lipinski definition) is 2. The largest absolute Gasteiger partial charge is 0.347 e. The quantitative estimate of drug-likeness (QED) is 0.822. The highest BCUT2D eigenvalue weighted by Gasteiger charge is 2.10. The summed E-state index contributed by atoms with van der Waals surface area (Å²) in [5.74, 6) is -0.164. The molecule has 0 aromatic heterocycles. The summed E-state index contributed by atoms with van der Waals surface area (Å²) >= 11 is 0. The molecule has 1 aromatic carbocycles. The molecule has 98 valence electrons. The number of nitrogens with one attached hydrogen (secondary N) is 1. The van der Waals surface area contributed by atoms with Gasteiger partial charge in [0.15, 0.2) is 0 Å². The van der Waals surface area contributed by atoms with E-state index >= 15 is 0 Å². The normalized spacial score (nSPS) is 9.89. The van der Waals surface area contributed by atoms with Crippen LogP contribution in [-0.2, 0) is 16.0 Å². The predicted molar refractivity (Wildman–Crippen MR) is 71.1 cm³/mol. The molecule has 0 aliphatic rings. The van der Waals surface area contributed by atoms with Gasteiger partial charge in [0.25, 0.3) is 0 Å². The molecule has 1 rings (SSSR count). The molecule has 18 heavy (non-hydrogen) atoms. The van der Waals surface area contributed by atoms with Gasteiger partial charge in [-0.2, -0.15) is 0 Å². The lowest BCUT2D eigenvalue weighted by molar-refractivity contribution is -0.132. The SMILES string of the molecule is CCN(CC)C(=O)CNC(=O)Cc1ccccc1. The number of carbonyl (C=O) groups excluding carboxylic acids is 2. The van der Waals surface area contributed by atoms with Gasteiger partial charge >= 0.3 is 0 Å². The minimum Gasteiger partial charge on any atom is -0.347 e. The van der Waals surface area contributed by atoms with E-state index in [4.69, 9.17) is 0 Å². The van der Waals surface area contributed by atoms with E-state index in [2.05, 4.69) is 5.32 Å². The third-order valence-electron chi connectivity index (χ3n) is 2.76. The monoisotopic (exact) mass is 248 g/mol. The summed E-state index contributed by atoms with van der Waals surface area (Å²) in [6.07, 6.45) is 0.312. The van der Waals surface area contributed by atoms with Crippen molar-refractivity contribution in [2.45, 2.75) is 20.3 Å². The van der Waals surface area contributed by atoms with Crippen LogP contribution in [0, 0.1) is 0 Å². The Morgan fingerprint density at radius 3 is 2.28 bits per heavy atom. The number of carbonyl (C=O) groups is 2. The number of amides is 2. The van der Waals surface area contributed by atoms with Crippen LogP contribution in [0.3, 0.4) is 0 Å². The zero-order valence-electron chi connectivity index (χ0n) is 11.0. The molecule has 0 fully saturated rings. The van der Waals surface area contributed by atoms with Crippen LogP contribution in [0.5, 0.6) is 0 Å².